The maximum Gasteiger partial charge on any atom is 0.328 e. The number of benzene rings is 1. The molecule has 1 aromatic rings. The molecule has 1 aromatic carbocycles. The van der Waals surface area contributed by atoms with Crippen LogP contribution in [-0.2, 0) is 20.9 Å². The lowest BCUT2D eigenvalue weighted by atomic mass is 10.2. The maximum absolute atomic E-state index is 13.2. The Kier molecular flexibility index (Phi) is 3.37. The van der Waals surface area contributed by atoms with Gasteiger partial charge in [-0.3, -0.25) is 4.79 Å². The molecule has 1 aliphatic rings. The Bertz CT molecular complexity index is 447. The first-order chi connectivity index (χ1) is 8.16. The van der Waals surface area contributed by atoms with Crippen LogP contribution in [0.4, 0.5) is 4.39 Å². The number of hydrogen-bond donors (Lipinski definition) is 1. The van der Waals surface area contributed by atoms with Crippen molar-refractivity contribution in [3.05, 3.63) is 35.6 Å². The van der Waals surface area contributed by atoms with E-state index in [2.05, 4.69) is 5.32 Å². The highest BCUT2D eigenvalue weighted by molar-refractivity contribution is 5.88. The zero-order chi connectivity index (χ0) is 12.3. The Hall–Kier alpha value is -1.91. The molecule has 0 aromatic heterocycles. The molecule has 2 rings (SSSR count). The molecule has 1 unspecified atom stereocenters. The molecule has 0 aliphatic carbocycles. The summed E-state index contributed by atoms with van der Waals surface area (Å²) in [5, 5.41) is 2.50. The van der Waals surface area contributed by atoms with Gasteiger partial charge in [0.1, 0.15) is 18.5 Å². The van der Waals surface area contributed by atoms with E-state index in [-0.39, 0.29) is 12.5 Å². The van der Waals surface area contributed by atoms with Crippen LogP contribution in [0.3, 0.4) is 0 Å². The monoisotopic (exact) mass is 237 g/mol. The summed E-state index contributed by atoms with van der Waals surface area (Å²) in [4.78, 5) is 22.4. The van der Waals surface area contributed by atoms with E-state index < -0.39 is 17.8 Å². The zero-order valence-electron chi connectivity index (χ0n) is 9.11. The predicted molar refractivity (Wildman–Crippen MR) is 57.4 cm³/mol. The normalized spacial score (nSPS) is 18.9. The third-order valence-corrected chi connectivity index (χ3v) is 2.61. The molecule has 17 heavy (non-hydrogen) atoms. The number of carbonyl (C=O) groups is 2. The van der Waals surface area contributed by atoms with Gasteiger partial charge in [-0.15, -0.1) is 0 Å². The van der Waals surface area contributed by atoms with Crippen LogP contribution in [0.1, 0.15) is 18.4 Å². The van der Waals surface area contributed by atoms with E-state index in [1.54, 1.807) is 18.2 Å². The molecule has 4 nitrogen and oxygen atoms in total. The van der Waals surface area contributed by atoms with Gasteiger partial charge in [0.05, 0.1) is 0 Å². The van der Waals surface area contributed by atoms with Crippen LogP contribution in [0.5, 0.6) is 0 Å². The van der Waals surface area contributed by atoms with Crippen LogP contribution < -0.4 is 5.32 Å². The SMILES string of the molecule is O=C1CCC(C(=O)OCc2ccccc2F)N1. The van der Waals surface area contributed by atoms with E-state index in [4.69, 9.17) is 4.74 Å². The topological polar surface area (TPSA) is 55.4 Å². The van der Waals surface area contributed by atoms with Gasteiger partial charge in [0, 0.05) is 12.0 Å². The Morgan fingerprint density at radius 3 is 2.88 bits per heavy atom. The number of rotatable bonds is 3. The van der Waals surface area contributed by atoms with Crippen LogP contribution in [0.2, 0.25) is 0 Å². The van der Waals surface area contributed by atoms with Crippen LogP contribution in [0.15, 0.2) is 24.3 Å². The van der Waals surface area contributed by atoms with Gasteiger partial charge in [-0.05, 0) is 12.5 Å². The summed E-state index contributed by atoms with van der Waals surface area (Å²) < 4.78 is 18.2. The molecule has 0 radical (unpaired) electrons. The van der Waals surface area contributed by atoms with Gasteiger partial charge in [-0.1, -0.05) is 18.2 Å². The Labute approximate surface area is 97.8 Å². The molecule has 1 saturated heterocycles. The Morgan fingerprint density at radius 1 is 1.47 bits per heavy atom. The molecule has 1 atom stereocenters. The Morgan fingerprint density at radius 2 is 2.24 bits per heavy atom. The summed E-state index contributed by atoms with van der Waals surface area (Å²) in [5.41, 5.74) is 0.324. The minimum Gasteiger partial charge on any atom is -0.459 e. The standard InChI is InChI=1S/C12H12FNO3/c13-9-4-2-1-3-8(9)7-17-12(16)10-5-6-11(15)14-10/h1-4,10H,5-7H2,(H,14,15). The first-order valence-corrected chi connectivity index (χ1v) is 5.36. The molecular weight excluding hydrogens is 225 g/mol. The van der Waals surface area contributed by atoms with Crippen LogP contribution in [0.25, 0.3) is 0 Å². The van der Waals surface area contributed by atoms with Crippen molar-refractivity contribution in [3.8, 4) is 0 Å². The lowest BCUT2D eigenvalue weighted by Gasteiger charge is -2.10. The molecule has 1 heterocycles. The van der Waals surface area contributed by atoms with Crippen molar-refractivity contribution in [2.45, 2.75) is 25.5 Å². The molecule has 1 amide bonds. The highest BCUT2D eigenvalue weighted by atomic mass is 19.1. The summed E-state index contributed by atoms with van der Waals surface area (Å²) in [6.07, 6.45) is 0.772. The van der Waals surface area contributed by atoms with E-state index in [0.29, 0.717) is 18.4 Å². The van der Waals surface area contributed by atoms with Crippen molar-refractivity contribution in [3.63, 3.8) is 0 Å². The second-order valence-corrected chi connectivity index (χ2v) is 3.86. The third-order valence-electron chi connectivity index (χ3n) is 2.61. The minimum atomic E-state index is -0.589. The smallest absolute Gasteiger partial charge is 0.328 e. The van der Waals surface area contributed by atoms with Gasteiger partial charge >= 0.3 is 5.97 Å². The van der Waals surface area contributed by atoms with Crippen LogP contribution in [-0.4, -0.2) is 17.9 Å². The van der Waals surface area contributed by atoms with Crippen LogP contribution >= 0.6 is 0 Å². The molecule has 0 spiro atoms. The lowest BCUT2D eigenvalue weighted by molar-refractivity contribution is -0.147. The lowest BCUT2D eigenvalue weighted by Crippen LogP contribution is -2.34. The molecule has 0 bridgehead atoms. The number of ether oxygens (including phenoxy) is 1. The summed E-state index contributed by atoms with van der Waals surface area (Å²) in [5.74, 6) is -1.08. The van der Waals surface area contributed by atoms with Crippen LogP contribution in [0, 0.1) is 5.82 Å². The summed E-state index contributed by atoms with van der Waals surface area (Å²) in [6.45, 7) is -0.113. The van der Waals surface area contributed by atoms with Gasteiger partial charge in [-0.2, -0.15) is 0 Å². The van der Waals surface area contributed by atoms with E-state index in [1.165, 1.54) is 6.07 Å². The zero-order valence-corrected chi connectivity index (χ0v) is 9.11. The van der Waals surface area contributed by atoms with Crippen molar-refractivity contribution in [2.75, 3.05) is 0 Å². The number of amides is 1. The molecule has 1 aliphatic heterocycles. The summed E-state index contributed by atoms with van der Waals surface area (Å²) in [7, 11) is 0. The number of halogens is 1. The Balaban J connectivity index is 1.88. The third kappa shape index (κ3) is 2.81. The van der Waals surface area contributed by atoms with Gasteiger partial charge in [0.15, 0.2) is 0 Å². The summed E-state index contributed by atoms with van der Waals surface area (Å²) in [6, 6.07) is 5.51. The van der Waals surface area contributed by atoms with Gasteiger partial charge in [-0.25, -0.2) is 9.18 Å². The fourth-order valence-corrected chi connectivity index (χ4v) is 1.66. The van der Waals surface area contributed by atoms with E-state index in [0.717, 1.165) is 0 Å². The predicted octanol–water partition coefficient (Wildman–Crippen LogP) is 1.15. The molecule has 0 saturated carbocycles. The van der Waals surface area contributed by atoms with E-state index in [9.17, 15) is 14.0 Å². The van der Waals surface area contributed by atoms with Crippen molar-refractivity contribution >= 4 is 11.9 Å². The van der Waals surface area contributed by atoms with Gasteiger partial charge < -0.3 is 10.1 Å². The van der Waals surface area contributed by atoms with Crippen molar-refractivity contribution < 1.29 is 18.7 Å². The average molecular weight is 237 g/mol. The largest absolute Gasteiger partial charge is 0.459 e. The highest BCUT2D eigenvalue weighted by Crippen LogP contribution is 2.11. The molecule has 5 heteroatoms. The number of carbonyl (C=O) groups excluding carboxylic acids is 2. The van der Waals surface area contributed by atoms with E-state index >= 15 is 0 Å². The average Bonchev–Trinajstić information content (AvgIpc) is 2.74. The molecule has 1 N–H and O–H groups in total. The van der Waals surface area contributed by atoms with Crippen molar-refractivity contribution in [1.82, 2.24) is 5.32 Å². The maximum atomic E-state index is 13.2. The first kappa shape index (κ1) is 11.6. The minimum absolute atomic E-state index is 0.113. The second-order valence-electron chi connectivity index (χ2n) is 3.86. The van der Waals surface area contributed by atoms with Gasteiger partial charge in [0.25, 0.3) is 0 Å². The summed E-state index contributed by atoms with van der Waals surface area (Å²) >= 11 is 0. The molecular formula is C12H12FNO3. The molecule has 1 fully saturated rings. The number of esters is 1. The first-order valence-electron chi connectivity index (χ1n) is 5.36. The quantitative estimate of drug-likeness (QED) is 0.802. The second kappa shape index (κ2) is 4.95. The van der Waals surface area contributed by atoms with Gasteiger partial charge in [0.2, 0.25) is 5.91 Å². The highest BCUT2D eigenvalue weighted by Gasteiger charge is 2.28. The van der Waals surface area contributed by atoms with Crippen molar-refractivity contribution in [1.29, 1.82) is 0 Å². The number of nitrogens with one attached hydrogen (secondary N) is 1. The fraction of sp³-hybridized carbons (Fsp3) is 0.333. The van der Waals surface area contributed by atoms with E-state index in [1.807, 2.05) is 0 Å². The number of hydrogen-bond acceptors (Lipinski definition) is 3. The molecule has 90 valence electrons. The van der Waals surface area contributed by atoms with Crippen molar-refractivity contribution in [2.24, 2.45) is 0 Å². The fourth-order valence-electron chi connectivity index (χ4n) is 1.66.